The van der Waals surface area contributed by atoms with Crippen LogP contribution in [0.25, 0.3) is 11.3 Å². The average Bonchev–Trinajstić information content (AvgIpc) is 2.75. The van der Waals surface area contributed by atoms with Crippen LogP contribution in [0.3, 0.4) is 0 Å². The first-order valence-corrected chi connectivity index (χ1v) is 7.00. The standard InChI is InChI=1S/C14H16BrN3/c1-9-2-3-10(15)6-12(9)14-13-5-4-11(16)7-18(13)8-17-14/h2-3,6,8,11H,4-5,7,16H2,1H3. The Labute approximate surface area is 115 Å². The molecule has 0 saturated heterocycles. The van der Waals surface area contributed by atoms with Gasteiger partial charge in [-0.15, -0.1) is 0 Å². The molecule has 1 aliphatic rings. The van der Waals surface area contributed by atoms with E-state index in [1.165, 1.54) is 16.8 Å². The molecular weight excluding hydrogens is 290 g/mol. The minimum atomic E-state index is 0.267. The minimum Gasteiger partial charge on any atom is -0.332 e. The fourth-order valence-corrected chi connectivity index (χ4v) is 2.93. The van der Waals surface area contributed by atoms with Crippen molar-refractivity contribution >= 4 is 15.9 Å². The van der Waals surface area contributed by atoms with E-state index in [1.54, 1.807) is 0 Å². The molecule has 1 aromatic carbocycles. The van der Waals surface area contributed by atoms with E-state index in [1.807, 2.05) is 6.33 Å². The summed E-state index contributed by atoms with van der Waals surface area (Å²) in [5.74, 6) is 0. The van der Waals surface area contributed by atoms with Crippen molar-refractivity contribution in [2.45, 2.75) is 32.4 Å². The van der Waals surface area contributed by atoms with Gasteiger partial charge in [0.05, 0.1) is 12.0 Å². The smallest absolute Gasteiger partial charge is 0.0956 e. The lowest BCUT2D eigenvalue weighted by atomic mass is 9.99. The zero-order valence-electron chi connectivity index (χ0n) is 10.4. The maximum absolute atomic E-state index is 6.00. The van der Waals surface area contributed by atoms with Gasteiger partial charge in [0.2, 0.25) is 0 Å². The van der Waals surface area contributed by atoms with Crippen LogP contribution >= 0.6 is 15.9 Å². The number of aromatic nitrogens is 2. The van der Waals surface area contributed by atoms with Crippen LogP contribution in [-0.4, -0.2) is 15.6 Å². The number of halogens is 1. The molecule has 94 valence electrons. The third-order valence-electron chi connectivity index (χ3n) is 3.58. The molecule has 0 amide bonds. The van der Waals surface area contributed by atoms with Crippen LogP contribution in [0, 0.1) is 6.92 Å². The zero-order valence-corrected chi connectivity index (χ0v) is 11.9. The first-order chi connectivity index (χ1) is 8.65. The van der Waals surface area contributed by atoms with Gasteiger partial charge in [-0.2, -0.15) is 0 Å². The van der Waals surface area contributed by atoms with Crippen LogP contribution in [0.5, 0.6) is 0 Å². The normalized spacial score (nSPS) is 18.7. The Morgan fingerprint density at radius 3 is 3.11 bits per heavy atom. The molecule has 3 rings (SSSR count). The first kappa shape index (κ1) is 11.9. The highest BCUT2D eigenvalue weighted by Crippen LogP contribution is 2.30. The minimum absolute atomic E-state index is 0.267. The monoisotopic (exact) mass is 305 g/mol. The molecule has 3 nitrogen and oxygen atoms in total. The van der Waals surface area contributed by atoms with Crippen LogP contribution in [0.15, 0.2) is 29.0 Å². The molecule has 0 saturated carbocycles. The Hall–Kier alpha value is -1.13. The number of benzene rings is 1. The lowest BCUT2D eigenvalue weighted by Crippen LogP contribution is -2.31. The van der Waals surface area contributed by atoms with Gasteiger partial charge in [0.15, 0.2) is 0 Å². The van der Waals surface area contributed by atoms with E-state index < -0.39 is 0 Å². The van der Waals surface area contributed by atoms with E-state index in [4.69, 9.17) is 5.73 Å². The van der Waals surface area contributed by atoms with E-state index >= 15 is 0 Å². The SMILES string of the molecule is Cc1ccc(Br)cc1-c1ncn2c1CCC(N)C2. The number of hydrogen-bond donors (Lipinski definition) is 1. The third-order valence-corrected chi connectivity index (χ3v) is 4.08. The Balaban J connectivity index is 2.10. The summed E-state index contributed by atoms with van der Waals surface area (Å²) < 4.78 is 3.29. The van der Waals surface area contributed by atoms with Gasteiger partial charge in [0, 0.05) is 28.3 Å². The van der Waals surface area contributed by atoms with Gasteiger partial charge in [-0.25, -0.2) is 4.98 Å². The molecule has 2 N–H and O–H groups in total. The molecular formula is C14H16BrN3. The highest BCUT2D eigenvalue weighted by molar-refractivity contribution is 9.10. The van der Waals surface area contributed by atoms with Crippen LogP contribution in [0.4, 0.5) is 0 Å². The van der Waals surface area contributed by atoms with Crippen molar-refractivity contribution in [3.8, 4) is 11.3 Å². The Morgan fingerprint density at radius 2 is 2.28 bits per heavy atom. The molecule has 1 unspecified atom stereocenters. The van der Waals surface area contributed by atoms with E-state index in [0.29, 0.717) is 0 Å². The first-order valence-electron chi connectivity index (χ1n) is 6.21. The quantitative estimate of drug-likeness (QED) is 0.880. The summed E-state index contributed by atoms with van der Waals surface area (Å²) in [4.78, 5) is 4.59. The van der Waals surface area contributed by atoms with Gasteiger partial charge in [0.1, 0.15) is 0 Å². The van der Waals surface area contributed by atoms with Crippen molar-refractivity contribution in [3.05, 3.63) is 40.3 Å². The van der Waals surface area contributed by atoms with Crippen molar-refractivity contribution in [1.82, 2.24) is 9.55 Å². The number of fused-ring (bicyclic) bond motifs is 1. The summed E-state index contributed by atoms with van der Waals surface area (Å²) in [5, 5.41) is 0. The van der Waals surface area contributed by atoms with Crippen molar-refractivity contribution in [2.24, 2.45) is 5.73 Å². The Kier molecular flexibility index (Phi) is 2.99. The molecule has 0 fully saturated rings. The highest BCUT2D eigenvalue weighted by atomic mass is 79.9. The molecule has 0 spiro atoms. The van der Waals surface area contributed by atoms with Crippen LogP contribution < -0.4 is 5.73 Å². The van der Waals surface area contributed by atoms with E-state index in [0.717, 1.165) is 29.6 Å². The summed E-state index contributed by atoms with van der Waals surface area (Å²) >= 11 is 3.53. The van der Waals surface area contributed by atoms with Crippen LogP contribution in [-0.2, 0) is 13.0 Å². The fraction of sp³-hybridized carbons (Fsp3) is 0.357. The third kappa shape index (κ3) is 1.99. The second-order valence-corrected chi connectivity index (χ2v) is 5.87. The van der Waals surface area contributed by atoms with Crippen LogP contribution in [0.2, 0.25) is 0 Å². The second kappa shape index (κ2) is 4.52. The molecule has 18 heavy (non-hydrogen) atoms. The van der Waals surface area contributed by atoms with E-state index in [9.17, 15) is 0 Å². The maximum Gasteiger partial charge on any atom is 0.0956 e. The van der Waals surface area contributed by atoms with E-state index in [2.05, 4.69) is 50.6 Å². The van der Waals surface area contributed by atoms with Gasteiger partial charge >= 0.3 is 0 Å². The van der Waals surface area contributed by atoms with Crippen molar-refractivity contribution in [3.63, 3.8) is 0 Å². The predicted molar refractivity (Wildman–Crippen MR) is 76.4 cm³/mol. The topological polar surface area (TPSA) is 43.8 Å². The molecule has 1 atom stereocenters. The van der Waals surface area contributed by atoms with Gasteiger partial charge in [-0.1, -0.05) is 22.0 Å². The molecule has 1 aliphatic heterocycles. The number of nitrogens with two attached hydrogens (primary N) is 1. The maximum atomic E-state index is 6.00. The summed E-state index contributed by atoms with van der Waals surface area (Å²) in [6.45, 7) is 3.01. The number of aryl methyl sites for hydroxylation is 1. The Morgan fingerprint density at radius 1 is 1.44 bits per heavy atom. The molecule has 2 aromatic rings. The van der Waals surface area contributed by atoms with Gasteiger partial charge in [0.25, 0.3) is 0 Å². The summed E-state index contributed by atoms with van der Waals surface area (Å²) in [7, 11) is 0. The summed E-state index contributed by atoms with van der Waals surface area (Å²) in [6.07, 6.45) is 3.98. The average molecular weight is 306 g/mol. The van der Waals surface area contributed by atoms with Crippen molar-refractivity contribution in [2.75, 3.05) is 0 Å². The molecule has 0 bridgehead atoms. The lowest BCUT2D eigenvalue weighted by molar-refractivity contribution is 0.461. The summed E-state index contributed by atoms with van der Waals surface area (Å²) in [6, 6.07) is 6.60. The number of rotatable bonds is 1. The van der Waals surface area contributed by atoms with Gasteiger partial charge in [-0.3, -0.25) is 0 Å². The molecule has 2 heterocycles. The predicted octanol–water partition coefficient (Wildman–Crippen LogP) is 2.89. The molecule has 1 aromatic heterocycles. The van der Waals surface area contributed by atoms with Crippen molar-refractivity contribution in [1.29, 1.82) is 0 Å². The highest BCUT2D eigenvalue weighted by Gasteiger charge is 2.20. The number of hydrogen-bond acceptors (Lipinski definition) is 2. The zero-order chi connectivity index (χ0) is 12.7. The number of nitrogens with zero attached hydrogens (tertiary/aromatic N) is 2. The number of imidazole rings is 1. The fourth-order valence-electron chi connectivity index (χ4n) is 2.57. The van der Waals surface area contributed by atoms with E-state index in [-0.39, 0.29) is 6.04 Å². The molecule has 0 radical (unpaired) electrons. The lowest BCUT2D eigenvalue weighted by Gasteiger charge is -2.21. The van der Waals surface area contributed by atoms with Gasteiger partial charge < -0.3 is 10.3 Å². The largest absolute Gasteiger partial charge is 0.332 e. The Bertz CT molecular complexity index is 589. The molecule has 4 heteroatoms. The van der Waals surface area contributed by atoms with Crippen molar-refractivity contribution < 1.29 is 0 Å². The molecule has 0 aliphatic carbocycles. The summed E-state index contributed by atoms with van der Waals surface area (Å²) in [5.41, 5.74) is 10.9. The second-order valence-electron chi connectivity index (χ2n) is 4.95. The van der Waals surface area contributed by atoms with Gasteiger partial charge in [-0.05, 0) is 37.5 Å². The van der Waals surface area contributed by atoms with Crippen LogP contribution in [0.1, 0.15) is 17.7 Å².